The van der Waals surface area contributed by atoms with Crippen LogP contribution in [-0.4, -0.2) is 62.8 Å². The van der Waals surface area contributed by atoms with Crippen molar-refractivity contribution in [1.29, 1.82) is 0 Å². The highest BCUT2D eigenvalue weighted by atomic mass is 35.5. The minimum atomic E-state index is -4.10. The molecule has 1 aliphatic carbocycles. The van der Waals surface area contributed by atoms with Gasteiger partial charge in [-0.25, -0.2) is 8.42 Å². The minimum Gasteiger partial charge on any atom is -0.480 e. The van der Waals surface area contributed by atoms with E-state index < -0.39 is 26.9 Å². The summed E-state index contributed by atoms with van der Waals surface area (Å²) < 4.78 is 35.1. The normalized spacial score (nSPS) is 24.1. The van der Waals surface area contributed by atoms with Gasteiger partial charge in [-0.1, -0.05) is 54.1 Å². The summed E-state index contributed by atoms with van der Waals surface area (Å²) in [7, 11) is -4.10. The molecular formula is C25H26Cl2N2O5S2. The van der Waals surface area contributed by atoms with Crippen LogP contribution in [0.2, 0.25) is 5.02 Å². The number of rotatable bonds is 8. The van der Waals surface area contributed by atoms with E-state index >= 15 is 0 Å². The highest BCUT2D eigenvalue weighted by molar-refractivity contribution is 7.91. The van der Waals surface area contributed by atoms with E-state index in [-0.39, 0.29) is 23.0 Å². The van der Waals surface area contributed by atoms with E-state index in [2.05, 4.69) is 9.62 Å². The maximum Gasteiger partial charge on any atom is 0.325 e. The van der Waals surface area contributed by atoms with Crippen molar-refractivity contribution in [1.82, 2.24) is 9.62 Å². The molecule has 192 valence electrons. The number of thiophene rings is 1. The van der Waals surface area contributed by atoms with Crippen LogP contribution in [-0.2, 0) is 25.0 Å². The topological polar surface area (TPSA) is 95.9 Å². The van der Waals surface area contributed by atoms with Gasteiger partial charge in [0, 0.05) is 34.9 Å². The van der Waals surface area contributed by atoms with Crippen molar-refractivity contribution in [2.75, 3.05) is 32.8 Å². The van der Waals surface area contributed by atoms with Crippen LogP contribution in [0, 0.1) is 0 Å². The van der Waals surface area contributed by atoms with Gasteiger partial charge in [-0.05, 0) is 41.8 Å². The van der Waals surface area contributed by atoms with E-state index in [9.17, 15) is 18.3 Å². The van der Waals surface area contributed by atoms with Gasteiger partial charge >= 0.3 is 5.97 Å². The summed E-state index contributed by atoms with van der Waals surface area (Å²) >= 11 is 7.06. The summed E-state index contributed by atoms with van der Waals surface area (Å²) in [6.07, 6.45) is 0.172. The second kappa shape index (κ2) is 10.4. The van der Waals surface area contributed by atoms with Crippen molar-refractivity contribution in [3.63, 3.8) is 0 Å². The largest absolute Gasteiger partial charge is 0.480 e. The van der Waals surface area contributed by atoms with E-state index in [1.54, 1.807) is 18.2 Å². The lowest BCUT2D eigenvalue weighted by atomic mass is 9.89. The number of ether oxygens (including phenoxy) is 1. The Labute approximate surface area is 225 Å². The summed E-state index contributed by atoms with van der Waals surface area (Å²) in [6, 6.07) is 19.7. The molecule has 0 spiro atoms. The number of nitrogens with zero attached hydrogens (tertiary/aromatic N) is 1. The van der Waals surface area contributed by atoms with E-state index in [0.29, 0.717) is 37.9 Å². The Hall–Kier alpha value is -1.98. The number of aliphatic carboxylic acids is 1. The molecule has 2 aromatic carbocycles. The number of hydrogen-bond acceptors (Lipinski definition) is 6. The van der Waals surface area contributed by atoms with E-state index in [4.69, 9.17) is 16.3 Å². The number of nitrogens with one attached hydrogen (secondary N) is 1. The van der Waals surface area contributed by atoms with Crippen molar-refractivity contribution in [3.05, 3.63) is 77.3 Å². The maximum absolute atomic E-state index is 13.5. The number of halogens is 2. The highest BCUT2D eigenvalue weighted by Gasteiger charge is 2.75. The zero-order valence-electron chi connectivity index (χ0n) is 19.2. The van der Waals surface area contributed by atoms with Gasteiger partial charge in [0.2, 0.25) is 0 Å². The molecule has 2 aliphatic rings. The number of morpholine rings is 1. The monoisotopic (exact) mass is 568 g/mol. The molecule has 0 radical (unpaired) electrons. The fraction of sp³-hybridized carbons (Fsp3) is 0.320. The molecule has 2 fully saturated rings. The third-order valence-corrected chi connectivity index (χ3v) is 10.2. The first-order valence-corrected chi connectivity index (χ1v) is 13.9. The Morgan fingerprint density at radius 3 is 2.36 bits per heavy atom. The van der Waals surface area contributed by atoms with Crippen molar-refractivity contribution < 1.29 is 23.1 Å². The van der Waals surface area contributed by atoms with E-state index in [1.807, 2.05) is 42.5 Å². The van der Waals surface area contributed by atoms with E-state index in [0.717, 1.165) is 27.3 Å². The zero-order chi connectivity index (χ0) is 24.7. The molecule has 1 saturated heterocycles. The first kappa shape index (κ1) is 27.1. The highest BCUT2D eigenvalue weighted by Crippen LogP contribution is 2.59. The maximum atomic E-state index is 13.5. The molecule has 1 aliphatic heterocycles. The molecule has 0 bridgehead atoms. The van der Waals surface area contributed by atoms with Gasteiger partial charge in [-0.15, -0.1) is 23.7 Å². The predicted octanol–water partition coefficient (Wildman–Crippen LogP) is 4.27. The second-order valence-electron chi connectivity index (χ2n) is 8.95. The third-order valence-electron chi connectivity index (χ3n) is 6.83. The van der Waals surface area contributed by atoms with Crippen LogP contribution in [0.25, 0.3) is 10.4 Å². The van der Waals surface area contributed by atoms with Gasteiger partial charge in [0.25, 0.3) is 10.0 Å². The summed E-state index contributed by atoms with van der Waals surface area (Å²) in [5.74, 6) is -1.17. The summed E-state index contributed by atoms with van der Waals surface area (Å²) in [5, 5.41) is 11.0. The fourth-order valence-electron chi connectivity index (χ4n) is 4.91. The summed E-state index contributed by atoms with van der Waals surface area (Å²) in [6.45, 7) is 2.91. The summed E-state index contributed by atoms with van der Waals surface area (Å²) in [4.78, 5) is 15.6. The molecule has 2 heterocycles. The van der Waals surface area contributed by atoms with E-state index in [1.165, 1.54) is 6.07 Å². The van der Waals surface area contributed by atoms with Gasteiger partial charge in [0.1, 0.15) is 9.75 Å². The van der Waals surface area contributed by atoms with Crippen LogP contribution >= 0.6 is 35.3 Å². The van der Waals surface area contributed by atoms with Gasteiger partial charge in [-0.2, -0.15) is 4.72 Å². The minimum absolute atomic E-state index is 0. The third kappa shape index (κ3) is 4.93. The van der Waals surface area contributed by atoms with Crippen molar-refractivity contribution in [3.8, 4) is 10.4 Å². The second-order valence-corrected chi connectivity index (χ2v) is 12.4. The Morgan fingerprint density at radius 1 is 1.06 bits per heavy atom. The molecule has 2 atom stereocenters. The zero-order valence-corrected chi connectivity index (χ0v) is 22.4. The van der Waals surface area contributed by atoms with Crippen LogP contribution in [0.4, 0.5) is 0 Å². The molecule has 1 saturated carbocycles. The molecular weight excluding hydrogens is 543 g/mol. The Morgan fingerprint density at radius 2 is 1.72 bits per heavy atom. The van der Waals surface area contributed by atoms with Crippen LogP contribution in [0.5, 0.6) is 0 Å². The van der Waals surface area contributed by atoms with Crippen molar-refractivity contribution in [2.45, 2.75) is 21.6 Å². The van der Waals surface area contributed by atoms with Crippen LogP contribution in [0.15, 0.2) is 70.9 Å². The van der Waals surface area contributed by atoms with Gasteiger partial charge in [0.15, 0.2) is 0 Å². The molecule has 0 amide bonds. The molecule has 11 heteroatoms. The average Bonchev–Trinajstić information content (AvgIpc) is 3.22. The first-order chi connectivity index (χ1) is 16.8. The molecule has 2 unspecified atom stereocenters. The first-order valence-electron chi connectivity index (χ1n) is 11.2. The number of carbonyl (C=O) groups is 1. The number of carboxylic acids is 1. The fourth-order valence-corrected chi connectivity index (χ4v) is 7.77. The molecule has 2 N–H and O–H groups in total. The van der Waals surface area contributed by atoms with Crippen molar-refractivity contribution >= 4 is 51.3 Å². The standard InChI is InChI=1S/C25H25ClN2O5S2.ClH/c26-20-8-6-18(7-9-20)21-10-11-22(34-21)35(31,32)27-25(23(29)30)16-24(25,19-4-2-1-3-5-19)17-28-12-14-33-15-13-28;/h1-11,27H,12-17H2,(H,29,30);1H. The lowest BCUT2D eigenvalue weighted by Gasteiger charge is -2.33. The van der Waals surface area contributed by atoms with Gasteiger partial charge < -0.3 is 9.84 Å². The number of sulfonamides is 1. The molecule has 36 heavy (non-hydrogen) atoms. The molecule has 7 nitrogen and oxygen atoms in total. The van der Waals surface area contributed by atoms with Gasteiger partial charge in [0.05, 0.1) is 13.2 Å². The lowest BCUT2D eigenvalue weighted by molar-refractivity contribution is -0.141. The smallest absolute Gasteiger partial charge is 0.325 e. The van der Waals surface area contributed by atoms with Gasteiger partial charge in [-0.3, -0.25) is 9.69 Å². The summed E-state index contributed by atoms with van der Waals surface area (Å²) in [5.41, 5.74) is -0.882. The molecule has 3 aromatic rings. The average molecular weight is 570 g/mol. The lowest BCUT2D eigenvalue weighted by Crippen LogP contribution is -2.52. The quantitative estimate of drug-likeness (QED) is 0.421. The molecule has 1 aromatic heterocycles. The Balaban J connectivity index is 0.00000304. The van der Waals surface area contributed by atoms with Crippen LogP contribution < -0.4 is 4.72 Å². The van der Waals surface area contributed by atoms with Crippen molar-refractivity contribution in [2.24, 2.45) is 0 Å². The number of hydrogen-bond donors (Lipinski definition) is 2. The number of benzene rings is 2. The van der Waals surface area contributed by atoms with Crippen LogP contribution in [0.3, 0.4) is 0 Å². The Bertz CT molecular complexity index is 1330. The predicted molar refractivity (Wildman–Crippen MR) is 143 cm³/mol. The Kier molecular flexibility index (Phi) is 7.83. The SMILES string of the molecule is Cl.O=C(O)C1(NS(=O)(=O)c2ccc(-c3ccc(Cl)cc3)s2)CC1(CN1CCOCC1)c1ccccc1. The molecule has 5 rings (SSSR count). The van der Waals surface area contributed by atoms with Crippen LogP contribution in [0.1, 0.15) is 12.0 Å². The number of carboxylic acid groups (broad SMARTS) is 1.